The molecular weight excluding hydrogens is 318 g/mol. The molecule has 0 unspecified atom stereocenters. The van der Waals surface area contributed by atoms with Crippen LogP contribution in [-0.2, 0) is 0 Å². The molecule has 23 heavy (non-hydrogen) atoms. The monoisotopic (exact) mass is 331 g/mol. The molecule has 0 saturated heterocycles. The molecule has 0 saturated carbocycles. The highest BCUT2D eigenvalue weighted by atomic mass is 35.5. The average molecular weight is 332 g/mol. The van der Waals surface area contributed by atoms with Crippen LogP contribution in [-0.4, -0.2) is 17.3 Å². The maximum atomic E-state index is 12.1. The van der Waals surface area contributed by atoms with E-state index in [0.717, 1.165) is 11.3 Å². The zero-order chi connectivity index (χ0) is 16.8. The highest BCUT2D eigenvalue weighted by Gasteiger charge is 2.14. The van der Waals surface area contributed by atoms with Gasteiger partial charge in [0.05, 0.1) is 11.5 Å². The van der Waals surface area contributed by atoms with E-state index >= 15 is 0 Å². The van der Waals surface area contributed by atoms with Crippen molar-refractivity contribution in [2.45, 2.75) is 6.92 Å². The SMILES string of the molecule is CCOc1ccc(/C=C/C(=O)c2ccc(Cl)c([N+](=O)[O-])c2)cc1. The molecule has 0 fully saturated rings. The predicted octanol–water partition coefficient (Wildman–Crippen LogP) is 4.54. The molecule has 5 nitrogen and oxygen atoms in total. The van der Waals surface area contributed by atoms with Gasteiger partial charge in [-0.1, -0.05) is 29.8 Å². The van der Waals surface area contributed by atoms with Gasteiger partial charge in [0.1, 0.15) is 10.8 Å². The number of rotatable bonds is 6. The molecular formula is C17H14ClNO4. The fourth-order valence-electron chi connectivity index (χ4n) is 1.92. The number of allylic oxidation sites excluding steroid dienone is 1. The first-order valence-electron chi connectivity index (χ1n) is 6.90. The summed E-state index contributed by atoms with van der Waals surface area (Å²) in [5, 5.41) is 10.8. The van der Waals surface area contributed by atoms with Gasteiger partial charge in [-0.25, -0.2) is 0 Å². The average Bonchev–Trinajstić information content (AvgIpc) is 2.54. The van der Waals surface area contributed by atoms with Crippen molar-refractivity contribution in [1.29, 1.82) is 0 Å². The van der Waals surface area contributed by atoms with Crippen molar-refractivity contribution in [2.75, 3.05) is 6.61 Å². The summed E-state index contributed by atoms with van der Waals surface area (Å²) in [6.45, 7) is 2.49. The fourth-order valence-corrected chi connectivity index (χ4v) is 2.10. The Hall–Kier alpha value is -2.66. The fraction of sp³-hybridized carbons (Fsp3) is 0.118. The third kappa shape index (κ3) is 4.40. The van der Waals surface area contributed by atoms with Crippen molar-refractivity contribution < 1.29 is 14.5 Å². The standard InChI is InChI=1S/C17H14ClNO4/c1-2-23-14-7-3-12(4-8-14)5-10-17(20)13-6-9-15(18)16(11-13)19(21)22/h3-11H,2H2,1H3/b10-5+. The molecule has 0 heterocycles. The van der Waals surface area contributed by atoms with Gasteiger partial charge in [0.15, 0.2) is 5.78 Å². The van der Waals surface area contributed by atoms with Crippen molar-refractivity contribution in [3.05, 3.63) is 74.8 Å². The third-order valence-electron chi connectivity index (χ3n) is 3.05. The quantitative estimate of drug-likeness (QED) is 0.337. The maximum absolute atomic E-state index is 12.1. The van der Waals surface area contributed by atoms with Gasteiger partial charge in [-0.3, -0.25) is 14.9 Å². The van der Waals surface area contributed by atoms with Gasteiger partial charge >= 0.3 is 0 Å². The summed E-state index contributed by atoms with van der Waals surface area (Å²) >= 11 is 5.73. The highest BCUT2D eigenvalue weighted by Crippen LogP contribution is 2.25. The number of carbonyl (C=O) groups excluding carboxylic acids is 1. The molecule has 0 aromatic heterocycles. The van der Waals surface area contributed by atoms with Crippen LogP contribution < -0.4 is 4.74 Å². The molecule has 0 bridgehead atoms. The van der Waals surface area contributed by atoms with E-state index in [2.05, 4.69) is 0 Å². The number of nitro groups is 1. The molecule has 2 aromatic carbocycles. The molecule has 0 atom stereocenters. The molecule has 0 aliphatic carbocycles. The number of carbonyl (C=O) groups is 1. The van der Waals surface area contributed by atoms with Gasteiger partial charge in [-0.05, 0) is 42.8 Å². The summed E-state index contributed by atoms with van der Waals surface area (Å²) in [4.78, 5) is 22.3. The molecule has 0 spiro atoms. The van der Waals surface area contributed by atoms with E-state index in [0.29, 0.717) is 6.61 Å². The van der Waals surface area contributed by atoms with Crippen molar-refractivity contribution in [3.8, 4) is 5.75 Å². The van der Waals surface area contributed by atoms with Crippen LogP contribution in [0, 0.1) is 10.1 Å². The second-order valence-corrected chi connectivity index (χ2v) is 5.03. The third-order valence-corrected chi connectivity index (χ3v) is 3.37. The molecule has 0 N–H and O–H groups in total. The number of nitrogens with zero attached hydrogens (tertiary/aromatic N) is 1. The number of ketones is 1. The lowest BCUT2D eigenvalue weighted by molar-refractivity contribution is -0.384. The van der Waals surface area contributed by atoms with Gasteiger partial charge < -0.3 is 4.74 Å². The van der Waals surface area contributed by atoms with Crippen LogP contribution in [0.1, 0.15) is 22.8 Å². The second kappa shape index (κ2) is 7.56. The van der Waals surface area contributed by atoms with E-state index in [1.165, 1.54) is 24.3 Å². The first-order chi connectivity index (χ1) is 11.0. The molecule has 0 radical (unpaired) electrons. The molecule has 2 rings (SSSR count). The van der Waals surface area contributed by atoms with E-state index in [1.54, 1.807) is 18.2 Å². The van der Waals surface area contributed by atoms with Gasteiger partial charge in [0.25, 0.3) is 5.69 Å². The number of hydrogen-bond acceptors (Lipinski definition) is 4. The van der Waals surface area contributed by atoms with Crippen LogP contribution in [0.5, 0.6) is 5.75 Å². The number of halogens is 1. The van der Waals surface area contributed by atoms with Gasteiger partial charge in [0.2, 0.25) is 0 Å². The van der Waals surface area contributed by atoms with Crippen LogP contribution in [0.2, 0.25) is 5.02 Å². The minimum Gasteiger partial charge on any atom is -0.494 e. The van der Waals surface area contributed by atoms with E-state index in [-0.39, 0.29) is 22.1 Å². The summed E-state index contributed by atoms with van der Waals surface area (Å²) in [5.74, 6) is 0.419. The lowest BCUT2D eigenvalue weighted by Gasteiger charge is -2.02. The van der Waals surface area contributed by atoms with Crippen molar-refractivity contribution in [2.24, 2.45) is 0 Å². The van der Waals surface area contributed by atoms with Crippen LogP contribution in [0.3, 0.4) is 0 Å². The summed E-state index contributed by atoms with van der Waals surface area (Å²) in [6.07, 6.45) is 3.00. The molecule has 0 amide bonds. The van der Waals surface area contributed by atoms with E-state index in [4.69, 9.17) is 16.3 Å². The zero-order valence-electron chi connectivity index (χ0n) is 12.4. The Kier molecular flexibility index (Phi) is 5.49. The number of ether oxygens (including phenoxy) is 1. The minimum atomic E-state index is -0.616. The van der Waals surface area contributed by atoms with Crippen molar-refractivity contribution in [3.63, 3.8) is 0 Å². The van der Waals surface area contributed by atoms with Gasteiger partial charge in [-0.15, -0.1) is 0 Å². The Morgan fingerprint density at radius 2 is 1.96 bits per heavy atom. The second-order valence-electron chi connectivity index (χ2n) is 4.62. The Balaban J connectivity index is 2.15. The van der Waals surface area contributed by atoms with E-state index in [9.17, 15) is 14.9 Å². The minimum absolute atomic E-state index is 0.00189. The lowest BCUT2D eigenvalue weighted by Crippen LogP contribution is -1.97. The van der Waals surface area contributed by atoms with Crippen molar-refractivity contribution >= 4 is 29.1 Å². The lowest BCUT2D eigenvalue weighted by atomic mass is 10.1. The molecule has 0 aliphatic rings. The predicted molar refractivity (Wildman–Crippen MR) is 89.1 cm³/mol. The van der Waals surface area contributed by atoms with Gasteiger partial charge in [0, 0.05) is 11.6 Å². The van der Waals surface area contributed by atoms with Crippen LogP contribution in [0.25, 0.3) is 6.08 Å². The van der Waals surface area contributed by atoms with E-state index in [1.807, 2.05) is 19.1 Å². The number of hydrogen-bond donors (Lipinski definition) is 0. The molecule has 2 aromatic rings. The topological polar surface area (TPSA) is 69.4 Å². The zero-order valence-corrected chi connectivity index (χ0v) is 13.1. The van der Waals surface area contributed by atoms with Crippen LogP contribution in [0.15, 0.2) is 48.5 Å². The first kappa shape index (κ1) is 16.7. The molecule has 6 heteroatoms. The maximum Gasteiger partial charge on any atom is 0.288 e. The van der Waals surface area contributed by atoms with Crippen molar-refractivity contribution in [1.82, 2.24) is 0 Å². The molecule has 118 valence electrons. The Morgan fingerprint density at radius 3 is 2.57 bits per heavy atom. The van der Waals surface area contributed by atoms with Gasteiger partial charge in [-0.2, -0.15) is 0 Å². The normalized spacial score (nSPS) is 10.7. The van der Waals surface area contributed by atoms with Crippen LogP contribution in [0.4, 0.5) is 5.69 Å². The summed E-state index contributed by atoms with van der Waals surface area (Å²) in [5.41, 5.74) is 0.750. The van der Waals surface area contributed by atoms with Crippen LogP contribution >= 0.6 is 11.6 Å². The first-order valence-corrected chi connectivity index (χ1v) is 7.28. The summed E-state index contributed by atoms with van der Waals surface area (Å²) in [6, 6.07) is 11.2. The summed E-state index contributed by atoms with van der Waals surface area (Å²) in [7, 11) is 0. The highest BCUT2D eigenvalue weighted by molar-refractivity contribution is 6.32. The number of nitro benzene ring substituents is 1. The molecule has 0 aliphatic heterocycles. The Morgan fingerprint density at radius 1 is 1.26 bits per heavy atom. The smallest absolute Gasteiger partial charge is 0.288 e. The van der Waals surface area contributed by atoms with E-state index < -0.39 is 4.92 Å². The summed E-state index contributed by atoms with van der Waals surface area (Å²) < 4.78 is 5.34. The largest absolute Gasteiger partial charge is 0.494 e. The Bertz CT molecular complexity index is 754. The number of benzene rings is 2. The Labute approximate surface area is 138 Å².